The molecule has 0 radical (unpaired) electrons. The Bertz CT molecular complexity index is 309. The van der Waals surface area contributed by atoms with Crippen LogP contribution in [0.15, 0.2) is 12.1 Å². The fraction of sp³-hybridized carbons (Fsp3) is 0.455. The van der Waals surface area contributed by atoms with Crippen LogP contribution in [0.2, 0.25) is 0 Å². The Labute approximate surface area is 84.9 Å². The van der Waals surface area contributed by atoms with Crippen LogP contribution < -0.4 is 0 Å². The largest absolute Gasteiger partial charge is 0.269 e. The molecule has 0 spiro atoms. The Kier molecular flexibility index (Phi) is 4.84. The lowest BCUT2D eigenvalue weighted by Gasteiger charge is -2.02. The van der Waals surface area contributed by atoms with Crippen LogP contribution in [0.5, 0.6) is 0 Å². The van der Waals surface area contributed by atoms with Crippen LogP contribution in [-0.2, 0) is 0 Å². The SMILES string of the molecule is CC.Cc1cc([N+](=O)[O-])cc(C)c1C. The summed E-state index contributed by atoms with van der Waals surface area (Å²) in [6, 6.07) is 3.20. The molecule has 0 aliphatic heterocycles. The van der Waals surface area contributed by atoms with E-state index in [1.54, 1.807) is 12.1 Å². The third-order valence-electron chi connectivity index (χ3n) is 2.12. The van der Waals surface area contributed by atoms with Crippen molar-refractivity contribution >= 4 is 5.69 Å². The van der Waals surface area contributed by atoms with Crippen LogP contribution in [0, 0.1) is 30.9 Å². The van der Waals surface area contributed by atoms with E-state index in [9.17, 15) is 10.1 Å². The second-order valence-corrected chi connectivity index (χ2v) is 2.96. The molecule has 0 saturated heterocycles. The lowest BCUT2D eigenvalue weighted by molar-refractivity contribution is -0.385. The zero-order chi connectivity index (χ0) is 11.3. The quantitative estimate of drug-likeness (QED) is 0.508. The van der Waals surface area contributed by atoms with Crippen molar-refractivity contribution < 1.29 is 4.92 Å². The molecule has 0 heterocycles. The molecule has 0 amide bonds. The average molecular weight is 195 g/mol. The van der Waals surface area contributed by atoms with E-state index in [-0.39, 0.29) is 10.6 Å². The summed E-state index contributed by atoms with van der Waals surface area (Å²) in [5, 5.41) is 10.4. The fourth-order valence-corrected chi connectivity index (χ4v) is 1.12. The van der Waals surface area contributed by atoms with Gasteiger partial charge in [-0.15, -0.1) is 0 Å². The summed E-state index contributed by atoms with van der Waals surface area (Å²) < 4.78 is 0. The number of nitrogens with zero attached hydrogens (tertiary/aromatic N) is 1. The van der Waals surface area contributed by atoms with Crippen molar-refractivity contribution in [3.05, 3.63) is 38.9 Å². The number of non-ortho nitro benzene ring substituents is 1. The predicted molar refractivity (Wildman–Crippen MR) is 58.7 cm³/mol. The van der Waals surface area contributed by atoms with Crippen LogP contribution in [0.4, 0.5) is 5.69 Å². The Balaban J connectivity index is 0.000000791. The lowest BCUT2D eigenvalue weighted by atomic mass is 10.0. The maximum Gasteiger partial charge on any atom is 0.269 e. The minimum Gasteiger partial charge on any atom is -0.258 e. The maximum absolute atomic E-state index is 10.4. The molecule has 0 aromatic heterocycles. The van der Waals surface area contributed by atoms with Gasteiger partial charge >= 0.3 is 0 Å². The third-order valence-corrected chi connectivity index (χ3v) is 2.12. The van der Waals surface area contributed by atoms with E-state index in [1.807, 2.05) is 34.6 Å². The highest BCUT2D eigenvalue weighted by Crippen LogP contribution is 2.20. The molecule has 1 aromatic rings. The summed E-state index contributed by atoms with van der Waals surface area (Å²) in [5.41, 5.74) is 3.25. The van der Waals surface area contributed by atoms with Gasteiger partial charge in [0.2, 0.25) is 0 Å². The van der Waals surface area contributed by atoms with E-state index >= 15 is 0 Å². The van der Waals surface area contributed by atoms with Crippen molar-refractivity contribution in [2.75, 3.05) is 0 Å². The standard InChI is InChI=1S/C9H11NO2.C2H6/c1-6-4-9(10(11)12)5-7(2)8(6)3;1-2/h4-5H,1-3H3;1-2H3. The van der Waals surface area contributed by atoms with Crippen molar-refractivity contribution in [2.45, 2.75) is 34.6 Å². The molecule has 78 valence electrons. The summed E-state index contributed by atoms with van der Waals surface area (Å²) in [6.45, 7) is 9.74. The Morgan fingerprint density at radius 2 is 1.43 bits per heavy atom. The van der Waals surface area contributed by atoms with Gasteiger partial charge in [-0.05, 0) is 37.5 Å². The zero-order valence-corrected chi connectivity index (χ0v) is 9.42. The molecule has 0 fully saturated rings. The molecule has 3 heteroatoms. The van der Waals surface area contributed by atoms with Gasteiger partial charge < -0.3 is 0 Å². The first-order chi connectivity index (χ1) is 6.52. The second-order valence-electron chi connectivity index (χ2n) is 2.96. The molecular formula is C11H17NO2. The Morgan fingerprint density at radius 3 is 1.71 bits per heavy atom. The van der Waals surface area contributed by atoms with Crippen molar-refractivity contribution in [1.29, 1.82) is 0 Å². The van der Waals surface area contributed by atoms with Crippen molar-refractivity contribution in [2.24, 2.45) is 0 Å². The first-order valence-corrected chi connectivity index (χ1v) is 4.74. The van der Waals surface area contributed by atoms with E-state index in [0.717, 1.165) is 16.7 Å². The fourth-order valence-electron chi connectivity index (χ4n) is 1.12. The van der Waals surface area contributed by atoms with Crippen LogP contribution in [-0.4, -0.2) is 4.92 Å². The topological polar surface area (TPSA) is 43.1 Å². The molecular weight excluding hydrogens is 178 g/mol. The molecule has 0 bridgehead atoms. The lowest BCUT2D eigenvalue weighted by Crippen LogP contribution is -1.92. The molecule has 0 aliphatic carbocycles. The molecule has 0 N–H and O–H groups in total. The first kappa shape index (κ1) is 12.6. The maximum atomic E-state index is 10.4. The van der Waals surface area contributed by atoms with Crippen LogP contribution in [0.1, 0.15) is 30.5 Å². The summed E-state index contributed by atoms with van der Waals surface area (Å²) in [7, 11) is 0. The number of aryl methyl sites for hydroxylation is 2. The van der Waals surface area contributed by atoms with Gasteiger partial charge in [-0.1, -0.05) is 13.8 Å². The molecule has 0 saturated carbocycles. The molecule has 3 nitrogen and oxygen atoms in total. The molecule has 0 aliphatic rings. The van der Waals surface area contributed by atoms with Gasteiger partial charge in [-0.3, -0.25) is 10.1 Å². The molecule has 1 rings (SSSR count). The third kappa shape index (κ3) is 2.83. The summed E-state index contributed by atoms with van der Waals surface area (Å²) in [6.07, 6.45) is 0. The van der Waals surface area contributed by atoms with Gasteiger partial charge in [-0.25, -0.2) is 0 Å². The normalized spacial score (nSPS) is 8.93. The highest BCUT2D eigenvalue weighted by Gasteiger charge is 2.08. The number of nitro groups is 1. The number of hydrogen-bond donors (Lipinski definition) is 0. The van der Waals surface area contributed by atoms with Crippen LogP contribution in [0.3, 0.4) is 0 Å². The Hall–Kier alpha value is -1.38. The van der Waals surface area contributed by atoms with Crippen molar-refractivity contribution in [3.8, 4) is 0 Å². The van der Waals surface area contributed by atoms with E-state index in [4.69, 9.17) is 0 Å². The highest BCUT2D eigenvalue weighted by molar-refractivity contribution is 5.43. The highest BCUT2D eigenvalue weighted by atomic mass is 16.6. The van der Waals surface area contributed by atoms with Gasteiger partial charge in [0.1, 0.15) is 0 Å². The van der Waals surface area contributed by atoms with Gasteiger partial charge in [0.05, 0.1) is 4.92 Å². The molecule has 1 aromatic carbocycles. The second kappa shape index (κ2) is 5.37. The van der Waals surface area contributed by atoms with E-state index in [1.165, 1.54) is 0 Å². The number of nitro benzene ring substituents is 1. The zero-order valence-electron chi connectivity index (χ0n) is 9.42. The van der Waals surface area contributed by atoms with E-state index < -0.39 is 0 Å². The number of hydrogen-bond acceptors (Lipinski definition) is 2. The van der Waals surface area contributed by atoms with Gasteiger partial charge in [0.25, 0.3) is 5.69 Å². The summed E-state index contributed by atoms with van der Waals surface area (Å²) in [5.74, 6) is 0. The van der Waals surface area contributed by atoms with Gasteiger partial charge in [-0.2, -0.15) is 0 Å². The average Bonchev–Trinajstić information content (AvgIpc) is 2.16. The Morgan fingerprint density at radius 1 is 1.07 bits per heavy atom. The van der Waals surface area contributed by atoms with E-state index in [2.05, 4.69) is 0 Å². The number of rotatable bonds is 1. The van der Waals surface area contributed by atoms with Crippen LogP contribution >= 0.6 is 0 Å². The summed E-state index contributed by atoms with van der Waals surface area (Å²) in [4.78, 5) is 10.1. The van der Waals surface area contributed by atoms with Crippen molar-refractivity contribution in [3.63, 3.8) is 0 Å². The predicted octanol–water partition coefficient (Wildman–Crippen LogP) is 3.55. The van der Waals surface area contributed by atoms with Crippen molar-refractivity contribution in [1.82, 2.24) is 0 Å². The van der Waals surface area contributed by atoms with Gasteiger partial charge in [0.15, 0.2) is 0 Å². The minimum atomic E-state index is -0.362. The monoisotopic (exact) mass is 195 g/mol. The van der Waals surface area contributed by atoms with Gasteiger partial charge in [0, 0.05) is 12.1 Å². The minimum absolute atomic E-state index is 0.176. The molecule has 0 atom stereocenters. The summed E-state index contributed by atoms with van der Waals surface area (Å²) >= 11 is 0. The smallest absolute Gasteiger partial charge is 0.258 e. The molecule has 14 heavy (non-hydrogen) atoms. The number of benzene rings is 1. The van der Waals surface area contributed by atoms with Crippen LogP contribution in [0.25, 0.3) is 0 Å². The first-order valence-electron chi connectivity index (χ1n) is 4.74. The molecule has 0 unspecified atom stereocenters. The van der Waals surface area contributed by atoms with E-state index in [0.29, 0.717) is 0 Å².